The van der Waals surface area contributed by atoms with Crippen LogP contribution in [0.25, 0.3) is 43.6 Å². The summed E-state index contributed by atoms with van der Waals surface area (Å²) in [6, 6.07) is 28.6. The molecule has 4 heterocycles. The first-order valence-electron chi connectivity index (χ1n) is 17.9. The molecule has 8 aromatic rings. The van der Waals surface area contributed by atoms with E-state index in [1.54, 1.807) is 76.2 Å². The Morgan fingerprint density at radius 2 is 0.898 bits per heavy atom. The van der Waals surface area contributed by atoms with E-state index in [-0.39, 0.29) is 40.7 Å². The zero-order valence-corrected chi connectivity index (χ0v) is 32.6. The number of carboxylic acids is 1. The number of carbonyl (C=O) groups is 3. The maximum absolute atomic E-state index is 11.6. The first kappa shape index (κ1) is 42.4. The van der Waals surface area contributed by atoms with Gasteiger partial charge in [-0.05, 0) is 52.0 Å². The fourth-order valence-electron chi connectivity index (χ4n) is 6.21. The highest BCUT2D eigenvalue weighted by molar-refractivity contribution is 6.06. The van der Waals surface area contributed by atoms with Gasteiger partial charge in [0.2, 0.25) is 0 Å². The second-order valence-electron chi connectivity index (χ2n) is 13.0. The Bertz CT molecular complexity index is 2880. The molecule has 0 radical (unpaired) electrons. The van der Waals surface area contributed by atoms with Gasteiger partial charge in [-0.15, -0.1) is 0 Å². The quantitative estimate of drug-likeness (QED) is 0.0737. The van der Waals surface area contributed by atoms with E-state index in [9.17, 15) is 34.8 Å². The maximum atomic E-state index is 11.6. The molecule has 0 fully saturated rings. The number of aldehydes is 1. The minimum absolute atomic E-state index is 0.0290. The molecule has 4 aromatic carbocycles. The van der Waals surface area contributed by atoms with Crippen LogP contribution in [-0.2, 0) is 11.3 Å². The molecule has 4 aromatic heterocycles. The maximum Gasteiger partial charge on any atom is 0.342 e. The van der Waals surface area contributed by atoms with E-state index in [1.165, 1.54) is 7.11 Å². The lowest BCUT2D eigenvalue weighted by Crippen LogP contribution is -2.04. The van der Waals surface area contributed by atoms with E-state index >= 15 is 0 Å². The summed E-state index contributed by atoms with van der Waals surface area (Å²) >= 11 is 0. The van der Waals surface area contributed by atoms with Gasteiger partial charge in [0.15, 0.2) is 17.8 Å². The third-order valence-electron chi connectivity index (χ3n) is 9.19. The van der Waals surface area contributed by atoms with Crippen LogP contribution in [-0.4, -0.2) is 75.9 Å². The molecule has 0 atom stereocenters. The SMILES string of the molecule is COC(=O)c1c(O)c(C)nc2ccccc12.Cc1nc2ccccc2c(C(=O)O)c1O.Cc1nc2ccccc2c(C=O)c1O.Cc1nc2ccccc2c(CO)c1O. The molecule has 0 amide bonds. The van der Waals surface area contributed by atoms with Gasteiger partial charge in [0.1, 0.15) is 22.6 Å². The Labute approximate surface area is 337 Å². The molecule has 0 bridgehead atoms. The van der Waals surface area contributed by atoms with Crippen LogP contribution in [0, 0.1) is 27.7 Å². The molecular weight excluding hydrogens is 757 g/mol. The van der Waals surface area contributed by atoms with Crippen molar-refractivity contribution >= 4 is 61.8 Å². The summed E-state index contributed by atoms with van der Waals surface area (Å²) in [6.45, 7) is 6.45. The van der Waals surface area contributed by atoms with Crippen molar-refractivity contribution in [3.05, 3.63) is 142 Å². The lowest BCUT2D eigenvalue weighted by molar-refractivity contribution is 0.0598. The predicted molar refractivity (Wildman–Crippen MR) is 222 cm³/mol. The fourth-order valence-corrected chi connectivity index (χ4v) is 6.21. The molecule has 0 saturated heterocycles. The number of hydrogen-bond donors (Lipinski definition) is 6. The van der Waals surface area contributed by atoms with E-state index in [0.717, 1.165) is 16.4 Å². The van der Waals surface area contributed by atoms with Crippen LogP contribution in [0.1, 0.15) is 59.4 Å². The smallest absolute Gasteiger partial charge is 0.342 e. The molecule has 0 spiro atoms. The third kappa shape index (κ3) is 8.98. The van der Waals surface area contributed by atoms with E-state index in [0.29, 0.717) is 67.4 Å². The molecule has 0 aliphatic rings. The van der Waals surface area contributed by atoms with Gasteiger partial charge in [0.25, 0.3) is 0 Å². The number of aliphatic hydroxyl groups is 1. The van der Waals surface area contributed by atoms with Crippen LogP contribution in [0.4, 0.5) is 0 Å². The Kier molecular flexibility index (Phi) is 13.3. The number of hydrogen-bond acceptors (Lipinski definition) is 13. The number of carboxylic acid groups (broad SMARTS) is 1. The number of aromatic nitrogens is 4. The highest BCUT2D eigenvalue weighted by atomic mass is 16.5. The van der Waals surface area contributed by atoms with E-state index < -0.39 is 11.9 Å². The number of para-hydroxylation sites is 4. The number of ether oxygens (including phenoxy) is 1. The highest BCUT2D eigenvalue weighted by Gasteiger charge is 2.19. The van der Waals surface area contributed by atoms with Gasteiger partial charge in [-0.2, -0.15) is 0 Å². The van der Waals surface area contributed by atoms with Crippen molar-refractivity contribution < 1.29 is 49.8 Å². The van der Waals surface area contributed by atoms with Crippen molar-refractivity contribution in [2.24, 2.45) is 0 Å². The van der Waals surface area contributed by atoms with E-state index in [4.69, 9.17) is 10.2 Å². The molecule has 0 aliphatic carbocycles. The van der Waals surface area contributed by atoms with E-state index in [2.05, 4.69) is 24.7 Å². The van der Waals surface area contributed by atoms with Crippen LogP contribution in [0.3, 0.4) is 0 Å². The Morgan fingerprint density at radius 1 is 0.542 bits per heavy atom. The van der Waals surface area contributed by atoms with Crippen LogP contribution in [0.5, 0.6) is 23.0 Å². The first-order chi connectivity index (χ1) is 28.2. The molecule has 14 heteroatoms. The third-order valence-corrected chi connectivity index (χ3v) is 9.19. The van der Waals surface area contributed by atoms with Crippen LogP contribution in [0.2, 0.25) is 0 Å². The lowest BCUT2D eigenvalue weighted by atomic mass is 10.1. The summed E-state index contributed by atoms with van der Waals surface area (Å²) in [4.78, 5) is 50.1. The number of aromatic carboxylic acids is 1. The summed E-state index contributed by atoms with van der Waals surface area (Å²) in [7, 11) is 1.28. The van der Waals surface area contributed by atoms with Gasteiger partial charge in [-0.1, -0.05) is 72.8 Å². The van der Waals surface area contributed by atoms with Gasteiger partial charge in [0.05, 0.1) is 64.1 Å². The predicted octanol–water partition coefficient (Wildman–Crippen LogP) is 7.78. The molecular formula is C45H40N4O10. The summed E-state index contributed by atoms with van der Waals surface area (Å²) in [5, 5.41) is 59.4. The summed E-state index contributed by atoms with van der Waals surface area (Å²) in [5.41, 5.74) is 5.48. The second-order valence-corrected chi connectivity index (χ2v) is 13.0. The molecule has 0 aliphatic heterocycles. The summed E-state index contributed by atoms with van der Waals surface area (Å²) < 4.78 is 4.65. The number of aliphatic hydroxyl groups excluding tert-OH is 1. The Balaban J connectivity index is 0.000000150. The summed E-state index contributed by atoms with van der Waals surface area (Å²) in [6.07, 6.45) is 0.659. The van der Waals surface area contributed by atoms with Crippen molar-refractivity contribution in [1.29, 1.82) is 0 Å². The minimum atomic E-state index is -1.14. The molecule has 0 unspecified atom stereocenters. The number of aryl methyl sites for hydroxylation is 4. The zero-order valence-electron chi connectivity index (χ0n) is 32.6. The van der Waals surface area contributed by atoms with Crippen molar-refractivity contribution in [3.63, 3.8) is 0 Å². The number of aromatic hydroxyl groups is 4. The van der Waals surface area contributed by atoms with Crippen LogP contribution < -0.4 is 0 Å². The number of pyridine rings is 4. The van der Waals surface area contributed by atoms with Crippen LogP contribution >= 0.6 is 0 Å². The Morgan fingerprint density at radius 3 is 1.34 bits per heavy atom. The average Bonchev–Trinajstić information content (AvgIpc) is 3.23. The van der Waals surface area contributed by atoms with Crippen molar-refractivity contribution in [1.82, 2.24) is 19.9 Å². The standard InChI is InChI=1S/C12H11NO3.C11H9NO3.C11H11NO2.C11H9NO2/c1-7-11(14)10(12(15)16-2)8-5-3-4-6-9(8)13-7;1-6-10(13)9(11(14)15)7-4-2-3-5-8(7)12-6;2*1-7-11(14)9(6-13)8-4-2-3-5-10(8)12-7/h3-6,14H,1-2H3;2-5,13H,1H3,(H,14,15);2-5,13-14H,6H2,1H3;2-6,14H,1H3. The highest BCUT2D eigenvalue weighted by Crippen LogP contribution is 2.31. The van der Waals surface area contributed by atoms with Crippen molar-refractivity contribution in [3.8, 4) is 23.0 Å². The number of carbonyl (C=O) groups excluding carboxylic acids is 2. The first-order valence-corrected chi connectivity index (χ1v) is 17.9. The molecule has 59 heavy (non-hydrogen) atoms. The van der Waals surface area contributed by atoms with Gasteiger partial charge in [-0.3, -0.25) is 4.79 Å². The van der Waals surface area contributed by atoms with E-state index in [1.807, 2.05) is 48.5 Å². The monoisotopic (exact) mass is 796 g/mol. The number of nitrogens with zero attached hydrogens (tertiary/aromatic N) is 4. The Hall–Kier alpha value is -7.71. The minimum Gasteiger partial charge on any atom is -0.506 e. The number of benzene rings is 4. The van der Waals surface area contributed by atoms with Gasteiger partial charge < -0.3 is 35.4 Å². The van der Waals surface area contributed by atoms with Gasteiger partial charge in [0, 0.05) is 27.1 Å². The number of esters is 1. The molecule has 6 N–H and O–H groups in total. The second kappa shape index (κ2) is 18.5. The lowest BCUT2D eigenvalue weighted by Gasteiger charge is -2.08. The topological polar surface area (TPSA) is 233 Å². The van der Waals surface area contributed by atoms with Gasteiger partial charge >= 0.3 is 11.9 Å². The largest absolute Gasteiger partial charge is 0.506 e. The molecule has 300 valence electrons. The van der Waals surface area contributed by atoms with Crippen molar-refractivity contribution in [2.75, 3.05) is 7.11 Å². The van der Waals surface area contributed by atoms with Gasteiger partial charge in [-0.25, -0.2) is 29.5 Å². The number of fused-ring (bicyclic) bond motifs is 4. The number of methoxy groups -OCH3 is 1. The van der Waals surface area contributed by atoms with Crippen molar-refractivity contribution in [2.45, 2.75) is 34.3 Å². The molecule has 0 saturated carbocycles. The average molecular weight is 797 g/mol. The molecule has 14 nitrogen and oxygen atoms in total. The van der Waals surface area contributed by atoms with Crippen LogP contribution in [0.15, 0.2) is 97.1 Å². The molecule has 8 rings (SSSR count). The number of rotatable bonds is 4. The normalized spacial score (nSPS) is 10.5. The fraction of sp³-hybridized carbons (Fsp3) is 0.133. The summed E-state index contributed by atoms with van der Waals surface area (Å²) in [5.74, 6) is -2.02. The zero-order chi connectivity index (χ0) is 43.0.